The van der Waals surface area contributed by atoms with Crippen LogP contribution < -0.4 is 0 Å². The van der Waals surface area contributed by atoms with Gasteiger partial charge in [0.25, 0.3) is 0 Å². The number of halogens is 1. The molecule has 0 radical (unpaired) electrons. The van der Waals surface area contributed by atoms with E-state index < -0.39 is 42.4 Å². The van der Waals surface area contributed by atoms with Crippen LogP contribution in [-0.2, 0) is 33.3 Å². The number of fused-ring (bicyclic) bond motifs is 1. The van der Waals surface area contributed by atoms with Crippen molar-refractivity contribution in [3.05, 3.63) is 11.1 Å². The number of carbonyl (C=O) groups excluding carboxylic acids is 3. The Morgan fingerprint density at radius 2 is 1.79 bits per heavy atom. The number of imidazole rings is 1. The molecule has 0 bridgehead atoms. The van der Waals surface area contributed by atoms with Crippen LogP contribution in [0.1, 0.15) is 27.0 Å². The van der Waals surface area contributed by atoms with Gasteiger partial charge in [-0.25, -0.2) is 9.97 Å². The normalized spacial score (nSPS) is 23.7. The molecule has 0 amide bonds. The van der Waals surface area contributed by atoms with Gasteiger partial charge in [-0.05, 0) is 15.9 Å². The van der Waals surface area contributed by atoms with Crippen molar-refractivity contribution in [3.63, 3.8) is 0 Å². The highest BCUT2D eigenvalue weighted by atomic mass is 79.9. The van der Waals surface area contributed by atoms with Crippen LogP contribution in [0.25, 0.3) is 11.2 Å². The number of ether oxygens (including phenoxy) is 4. The van der Waals surface area contributed by atoms with Crippen molar-refractivity contribution in [1.29, 1.82) is 0 Å². The van der Waals surface area contributed by atoms with Gasteiger partial charge < -0.3 is 24.1 Å². The van der Waals surface area contributed by atoms with Crippen molar-refractivity contribution in [2.75, 3.05) is 6.61 Å². The lowest BCUT2D eigenvalue weighted by Crippen LogP contribution is -2.40. The van der Waals surface area contributed by atoms with E-state index in [0.717, 1.165) is 6.33 Å². The third-order valence-electron chi connectivity index (χ3n) is 4.01. The monoisotopic (exact) mass is 472 g/mol. The van der Waals surface area contributed by atoms with Crippen LogP contribution >= 0.6 is 15.9 Å². The minimum absolute atomic E-state index is 0.0806. The molecule has 1 saturated heterocycles. The van der Waals surface area contributed by atoms with Crippen LogP contribution in [0.2, 0.25) is 0 Å². The van der Waals surface area contributed by atoms with Crippen molar-refractivity contribution in [1.82, 2.24) is 19.5 Å². The summed E-state index contributed by atoms with van der Waals surface area (Å²) >= 11 is 3.26. The first kappa shape index (κ1) is 20.9. The number of hydrogen-bond acceptors (Lipinski definition) is 11. The molecule has 1 N–H and O–H groups in total. The summed E-state index contributed by atoms with van der Waals surface area (Å²) in [7, 11) is 0. The number of nitrogens with zero attached hydrogens (tertiary/aromatic N) is 4. The Hall–Kier alpha value is -2.80. The molecule has 29 heavy (non-hydrogen) atoms. The summed E-state index contributed by atoms with van der Waals surface area (Å²) in [5.41, 5.74) is 0.262. The summed E-state index contributed by atoms with van der Waals surface area (Å²) in [5, 5.41) is 9.93. The molecule has 13 heteroatoms. The van der Waals surface area contributed by atoms with Gasteiger partial charge in [-0.3, -0.25) is 19.0 Å². The van der Waals surface area contributed by atoms with Gasteiger partial charge in [0.05, 0.1) is 0 Å². The van der Waals surface area contributed by atoms with E-state index in [1.807, 2.05) is 0 Å². The fourth-order valence-electron chi connectivity index (χ4n) is 3.00. The number of aromatic hydroxyl groups is 1. The van der Waals surface area contributed by atoms with Gasteiger partial charge in [0.2, 0.25) is 5.88 Å². The Labute approximate surface area is 172 Å². The van der Waals surface area contributed by atoms with E-state index >= 15 is 0 Å². The van der Waals surface area contributed by atoms with Crippen molar-refractivity contribution in [2.45, 2.75) is 45.3 Å². The Morgan fingerprint density at radius 3 is 2.41 bits per heavy atom. The quantitative estimate of drug-likeness (QED) is 0.370. The second kappa shape index (κ2) is 8.29. The Bertz CT molecular complexity index is 964. The van der Waals surface area contributed by atoms with Gasteiger partial charge in [-0.2, -0.15) is 4.98 Å². The van der Waals surface area contributed by atoms with E-state index in [-0.39, 0.29) is 28.4 Å². The van der Waals surface area contributed by atoms with Crippen LogP contribution in [0.3, 0.4) is 0 Å². The van der Waals surface area contributed by atoms with Gasteiger partial charge in [0.15, 0.2) is 34.3 Å². The molecule has 1 fully saturated rings. The second-order valence-electron chi connectivity index (χ2n) is 6.14. The molecule has 0 aromatic carbocycles. The second-order valence-corrected chi connectivity index (χ2v) is 6.85. The van der Waals surface area contributed by atoms with E-state index in [4.69, 9.17) is 18.9 Å². The molecule has 0 aliphatic carbocycles. The lowest BCUT2D eigenvalue weighted by atomic mass is 10.1. The Balaban J connectivity index is 2.07. The number of rotatable bonds is 5. The maximum Gasteiger partial charge on any atom is 0.303 e. The van der Waals surface area contributed by atoms with Gasteiger partial charge in [0, 0.05) is 20.8 Å². The van der Waals surface area contributed by atoms with E-state index in [9.17, 15) is 19.5 Å². The molecule has 2 aromatic heterocycles. The summed E-state index contributed by atoms with van der Waals surface area (Å²) in [5.74, 6) is -2.20. The maximum absolute atomic E-state index is 11.7. The summed E-state index contributed by atoms with van der Waals surface area (Å²) < 4.78 is 23.2. The van der Waals surface area contributed by atoms with Gasteiger partial charge in [-0.15, -0.1) is 0 Å². The Kier molecular flexibility index (Phi) is 5.98. The molecule has 3 heterocycles. The predicted octanol–water partition coefficient (Wildman–Crippen LogP) is 0.618. The molecule has 4 atom stereocenters. The van der Waals surface area contributed by atoms with Crippen LogP contribution in [0.15, 0.2) is 11.1 Å². The Morgan fingerprint density at radius 1 is 1.14 bits per heavy atom. The molecular weight excluding hydrogens is 456 g/mol. The molecule has 3 rings (SSSR count). The van der Waals surface area contributed by atoms with Crippen LogP contribution in [-0.4, -0.2) is 67.5 Å². The number of esters is 3. The first-order valence-corrected chi connectivity index (χ1v) is 9.19. The maximum atomic E-state index is 11.7. The first-order valence-electron chi connectivity index (χ1n) is 8.39. The highest BCUT2D eigenvalue weighted by Gasteiger charge is 2.51. The minimum atomic E-state index is -1.11. The van der Waals surface area contributed by atoms with E-state index in [1.165, 1.54) is 25.3 Å². The lowest BCUT2D eigenvalue weighted by Gasteiger charge is -2.24. The third kappa shape index (κ3) is 4.29. The summed E-state index contributed by atoms with van der Waals surface area (Å²) in [6, 6.07) is 0. The van der Waals surface area contributed by atoms with Crippen LogP contribution in [0.4, 0.5) is 0 Å². The van der Waals surface area contributed by atoms with Crippen LogP contribution in [0.5, 0.6) is 5.88 Å². The highest BCUT2D eigenvalue weighted by Crippen LogP contribution is 2.38. The van der Waals surface area contributed by atoms with E-state index in [1.54, 1.807) is 0 Å². The standard InChI is InChI=1S/C16H17BrN4O8/c1-6(22)26-4-9-11(27-7(2)23)12(28-8(3)24)15(29-9)21-13-10(20-16(21)17)14(25)19-5-18-13/h5,9,11-12,15H,4H2,1-3H3,(H,18,19,25)/t9-,11-,12-,15-/m1/s1. The fraction of sp³-hybridized carbons (Fsp3) is 0.500. The molecule has 2 aromatic rings. The topological polar surface area (TPSA) is 152 Å². The van der Waals surface area contributed by atoms with Crippen molar-refractivity contribution >= 4 is 45.0 Å². The summed E-state index contributed by atoms with van der Waals surface area (Å²) in [6.07, 6.45) is -3.05. The first-order chi connectivity index (χ1) is 13.7. The molecule has 0 saturated carbocycles. The highest BCUT2D eigenvalue weighted by molar-refractivity contribution is 9.10. The third-order valence-corrected chi connectivity index (χ3v) is 4.57. The molecule has 1 aliphatic rings. The predicted molar refractivity (Wildman–Crippen MR) is 96.3 cm³/mol. The van der Waals surface area contributed by atoms with Crippen molar-refractivity contribution in [3.8, 4) is 5.88 Å². The van der Waals surface area contributed by atoms with Gasteiger partial charge >= 0.3 is 17.9 Å². The summed E-state index contributed by atoms with van der Waals surface area (Å²) in [4.78, 5) is 46.5. The van der Waals surface area contributed by atoms with Crippen molar-refractivity contribution < 1.29 is 38.4 Å². The zero-order valence-corrected chi connectivity index (χ0v) is 17.2. The fourth-order valence-corrected chi connectivity index (χ4v) is 3.54. The zero-order chi connectivity index (χ0) is 21.3. The average Bonchev–Trinajstić information content (AvgIpc) is 3.11. The smallest absolute Gasteiger partial charge is 0.303 e. The van der Waals surface area contributed by atoms with Crippen LogP contribution in [0, 0.1) is 0 Å². The SMILES string of the molecule is CC(=O)OC[C@H]1O[C@@H](n2c(Br)nc3c(O)ncnc32)[C@H](OC(C)=O)[C@@H]1OC(C)=O. The number of aromatic nitrogens is 4. The molecule has 0 spiro atoms. The summed E-state index contributed by atoms with van der Waals surface area (Å²) in [6.45, 7) is 3.35. The lowest BCUT2D eigenvalue weighted by molar-refractivity contribution is -0.166. The number of carbonyl (C=O) groups is 3. The van der Waals surface area contributed by atoms with E-state index in [2.05, 4.69) is 30.9 Å². The van der Waals surface area contributed by atoms with Gasteiger partial charge in [-0.1, -0.05) is 0 Å². The zero-order valence-electron chi connectivity index (χ0n) is 15.6. The average molecular weight is 473 g/mol. The number of hydrogen-bond donors (Lipinski definition) is 1. The van der Waals surface area contributed by atoms with Gasteiger partial charge in [0.1, 0.15) is 19.0 Å². The minimum Gasteiger partial charge on any atom is -0.492 e. The molecular formula is C16H17BrN4O8. The molecule has 12 nitrogen and oxygen atoms in total. The van der Waals surface area contributed by atoms with E-state index in [0.29, 0.717) is 0 Å². The molecule has 156 valence electrons. The molecule has 1 aliphatic heterocycles. The molecule has 0 unspecified atom stereocenters. The largest absolute Gasteiger partial charge is 0.492 e. The van der Waals surface area contributed by atoms with Crippen molar-refractivity contribution in [2.24, 2.45) is 0 Å².